The molecule has 84 valence electrons. The minimum absolute atomic E-state index is 0.0708. The molecule has 0 spiro atoms. The number of hydrogen-bond donors (Lipinski definition) is 0. The lowest BCUT2D eigenvalue weighted by Crippen LogP contribution is -2.38. The zero-order valence-corrected chi connectivity index (χ0v) is 10.6. The van der Waals surface area contributed by atoms with Crippen LogP contribution in [0.15, 0.2) is 0 Å². The average molecular weight is 259 g/mol. The first-order valence-electron chi connectivity index (χ1n) is 4.53. The highest BCUT2D eigenvalue weighted by Gasteiger charge is 2.35. The lowest BCUT2D eigenvalue weighted by atomic mass is 9.97. The van der Waals surface area contributed by atoms with Crippen LogP contribution in [-0.4, -0.2) is 38.4 Å². The molecular formula is C8H15ClO3S2. The van der Waals surface area contributed by atoms with E-state index in [1.165, 1.54) is 0 Å². The Morgan fingerprint density at radius 2 is 2.14 bits per heavy atom. The van der Waals surface area contributed by atoms with Crippen LogP contribution < -0.4 is 0 Å². The van der Waals surface area contributed by atoms with Crippen LogP contribution in [0.4, 0.5) is 0 Å². The maximum atomic E-state index is 11.1. The lowest BCUT2D eigenvalue weighted by molar-refractivity contribution is 0.000823. The van der Waals surface area contributed by atoms with E-state index in [1.54, 1.807) is 7.11 Å². The Labute approximate surface area is 94.0 Å². The normalized spacial score (nSPS) is 29.9. The highest BCUT2D eigenvalue weighted by atomic mass is 35.7. The first kappa shape index (κ1) is 12.6. The number of ether oxygens (including phenoxy) is 1. The summed E-state index contributed by atoms with van der Waals surface area (Å²) in [6.07, 6.45) is 2.54. The molecular weight excluding hydrogens is 244 g/mol. The van der Waals surface area contributed by atoms with E-state index < -0.39 is 14.7 Å². The summed E-state index contributed by atoms with van der Waals surface area (Å²) in [4.78, 5) is 0. The molecule has 0 aliphatic carbocycles. The van der Waals surface area contributed by atoms with Crippen molar-refractivity contribution in [2.75, 3.05) is 24.4 Å². The summed E-state index contributed by atoms with van der Waals surface area (Å²) in [5.41, 5.74) is -0.552. The number of rotatable bonds is 3. The summed E-state index contributed by atoms with van der Waals surface area (Å²) >= 11 is 1.84. The van der Waals surface area contributed by atoms with E-state index in [9.17, 15) is 8.42 Å². The van der Waals surface area contributed by atoms with E-state index in [0.29, 0.717) is 0 Å². The molecule has 0 amide bonds. The molecule has 0 bridgehead atoms. The minimum atomic E-state index is -3.47. The van der Waals surface area contributed by atoms with Gasteiger partial charge in [0.2, 0.25) is 9.05 Å². The zero-order chi connectivity index (χ0) is 10.7. The molecule has 6 heteroatoms. The Kier molecular flexibility index (Phi) is 4.56. The highest BCUT2D eigenvalue weighted by Crippen LogP contribution is 2.31. The van der Waals surface area contributed by atoms with Crippen molar-refractivity contribution < 1.29 is 13.2 Å². The third-order valence-corrected chi connectivity index (χ3v) is 4.76. The monoisotopic (exact) mass is 258 g/mol. The molecule has 0 radical (unpaired) electrons. The first-order chi connectivity index (χ1) is 6.47. The maximum absolute atomic E-state index is 11.1. The van der Waals surface area contributed by atoms with Crippen molar-refractivity contribution in [2.24, 2.45) is 0 Å². The highest BCUT2D eigenvalue weighted by molar-refractivity contribution is 8.13. The van der Waals surface area contributed by atoms with E-state index in [2.05, 4.69) is 0 Å². The predicted octanol–water partition coefficient (Wildman–Crippen LogP) is 1.86. The molecule has 1 heterocycles. The molecule has 1 aliphatic heterocycles. The third kappa shape index (κ3) is 3.96. The fourth-order valence-electron chi connectivity index (χ4n) is 1.70. The lowest BCUT2D eigenvalue weighted by Gasteiger charge is -2.29. The van der Waals surface area contributed by atoms with Gasteiger partial charge in [-0.05, 0) is 30.8 Å². The quantitative estimate of drug-likeness (QED) is 0.725. The van der Waals surface area contributed by atoms with E-state index in [4.69, 9.17) is 15.4 Å². The predicted molar refractivity (Wildman–Crippen MR) is 60.6 cm³/mol. The van der Waals surface area contributed by atoms with E-state index in [1.807, 2.05) is 11.8 Å². The van der Waals surface area contributed by atoms with Crippen LogP contribution in [0.1, 0.15) is 19.3 Å². The van der Waals surface area contributed by atoms with Crippen molar-refractivity contribution in [3.05, 3.63) is 0 Å². The fraction of sp³-hybridized carbons (Fsp3) is 1.00. The number of halogens is 1. The standard InChI is InChI=1S/C8H15ClO3S2/c1-12-8(7-14(9,10)11)3-2-5-13-6-4-8/h2-7H2,1H3. The summed E-state index contributed by atoms with van der Waals surface area (Å²) < 4.78 is 27.5. The van der Waals surface area contributed by atoms with Gasteiger partial charge in [-0.2, -0.15) is 11.8 Å². The van der Waals surface area contributed by atoms with Crippen LogP contribution in [0, 0.1) is 0 Å². The van der Waals surface area contributed by atoms with Crippen LogP contribution in [0.3, 0.4) is 0 Å². The van der Waals surface area contributed by atoms with Gasteiger partial charge in [-0.15, -0.1) is 0 Å². The molecule has 1 atom stereocenters. The number of methoxy groups -OCH3 is 1. The molecule has 1 unspecified atom stereocenters. The van der Waals surface area contributed by atoms with Gasteiger partial charge in [-0.3, -0.25) is 0 Å². The Balaban J connectivity index is 2.72. The minimum Gasteiger partial charge on any atom is -0.377 e. The van der Waals surface area contributed by atoms with Crippen molar-refractivity contribution in [1.29, 1.82) is 0 Å². The van der Waals surface area contributed by atoms with Gasteiger partial charge in [0, 0.05) is 17.8 Å². The number of thioether (sulfide) groups is 1. The molecule has 1 aliphatic rings. The molecule has 1 saturated heterocycles. The summed E-state index contributed by atoms with van der Waals surface area (Å²) in [6.45, 7) is 0. The van der Waals surface area contributed by atoms with Crippen molar-refractivity contribution in [3.63, 3.8) is 0 Å². The third-order valence-electron chi connectivity index (χ3n) is 2.49. The van der Waals surface area contributed by atoms with Crippen LogP contribution in [-0.2, 0) is 13.8 Å². The molecule has 0 aromatic carbocycles. The molecule has 1 fully saturated rings. The van der Waals surface area contributed by atoms with E-state index >= 15 is 0 Å². The van der Waals surface area contributed by atoms with Crippen LogP contribution in [0.25, 0.3) is 0 Å². The summed E-state index contributed by atoms with van der Waals surface area (Å²) in [5, 5.41) is 0. The molecule has 0 N–H and O–H groups in total. The smallest absolute Gasteiger partial charge is 0.235 e. The van der Waals surface area contributed by atoms with Gasteiger partial charge in [0.15, 0.2) is 0 Å². The average Bonchev–Trinajstić information content (AvgIpc) is 2.28. The second-order valence-electron chi connectivity index (χ2n) is 3.54. The van der Waals surface area contributed by atoms with Crippen LogP contribution in [0.5, 0.6) is 0 Å². The Hall–Kier alpha value is 0.550. The van der Waals surface area contributed by atoms with Gasteiger partial charge in [0.05, 0.1) is 11.4 Å². The van der Waals surface area contributed by atoms with Crippen LogP contribution in [0.2, 0.25) is 0 Å². The molecule has 0 saturated carbocycles. The van der Waals surface area contributed by atoms with Crippen molar-refractivity contribution in [2.45, 2.75) is 24.9 Å². The molecule has 0 aromatic rings. The largest absolute Gasteiger partial charge is 0.377 e. The van der Waals surface area contributed by atoms with E-state index in [-0.39, 0.29) is 5.75 Å². The number of hydrogen-bond acceptors (Lipinski definition) is 4. The van der Waals surface area contributed by atoms with Gasteiger partial charge >= 0.3 is 0 Å². The SMILES string of the molecule is COC1(CS(=O)(=O)Cl)CCCSCC1. The summed E-state index contributed by atoms with van der Waals surface area (Å²) in [5.74, 6) is 1.95. The first-order valence-corrected chi connectivity index (χ1v) is 8.16. The van der Waals surface area contributed by atoms with Crippen LogP contribution >= 0.6 is 22.4 Å². The second-order valence-corrected chi connectivity index (χ2v) is 7.54. The van der Waals surface area contributed by atoms with Gasteiger partial charge < -0.3 is 4.74 Å². The molecule has 3 nitrogen and oxygen atoms in total. The Morgan fingerprint density at radius 1 is 1.43 bits per heavy atom. The Bertz CT molecular complexity index is 268. The Morgan fingerprint density at radius 3 is 2.71 bits per heavy atom. The summed E-state index contributed by atoms with van der Waals surface area (Å²) in [6, 6.07) is 0. The molecule has 1 rings (SSSR count). The molecule has 0 aromatic heterocycles. The van der Waals surface area contributed by atoms with Gasteiger partial charge in [0.25, 0.3) is 0 Å². The van der Waals surface area contributed by atoms with Gasteiger partial charge in [0.1, 0.15) is 0 Å². The topological polar surface area (TPSA) is 43.4 Å². The fourth-order valence-corrected chi connectivity index (χ4v) is 4.40. The van der Waals surface area contributed by atoms with Gasteiger partial charge in [-0.25, -0.2) is 8.42 Å². The van der Waals surface area contributed by atoms with E-state index in [0.717, 1.165) is 30.8 Å². The second kappa shape index (κ2) is 5.05. The van der Waals surface area contributed by atoms with Crippen molar-refractivity contribution in [3.8, 4) is 0 Å². The maximum Gasteiger partial charge on any atom is 0.235 e. The van der Waals surface area contributed by atoms with Gasteiger partial charge in [-0.1, -0.05) is 0 Å². The summed E-state index contributed by atoms with van der Waals surface area (Å²) in [7, 11) is 3.37. The molecule has 14 heavy (non-hydrogen) atoms. The zero-order valence-electron chi connectivity index (χ0n) is 8.16. The van der Waals surface area contributed by atoms with Crippen molar-refractivity contribution in [1.82, 2.24) is 0 Å². The van der Waals surface area contributed by atoms with Crippen molar-refractivity contribution >= 4 is 31.5 Å².